The molecule has 0 aliphatic heterocycles. The SMILES string of the molecule is CC(C)(CNc1cc(Cl)nc(C2CC2)n1)C(=O)O. The summed E-state index contributed by atoms with van der Waals surface area (Å²) in [5.74, 6) is 0.902. The van der Waals surface area contributed by atoms with Crippen molar-refractivity contribution in [2.24, 2.45) is 5.41 Å². The maximum atomic E-state index is 11.0. The van der Waals surface area contributed by atoms with E-state index in [1.807, 2.05) is 0 Å². The van der Waals surface area contributed by atoms with E-state index in [9.17, 15) is 4.79 Å². The number of halogens is 1. The summed E-state index contributed by atoms with van der Waals surface area (Å²) in [6.45, 7) is 3.61. The molecule has 5 nitrogen and oxygen atoms in total. The van der Waals surface area contributed by atoms with Crippen molar-refractivity contribution in [1.29, 1.82) is 0 Å². The first kappa shape index (κ1) is 13.1. The molecule has 0 amide bonds. The predicted octanol–water partition coefficient (Wildman–Crippen LogP) is 2.53. The topological polar surface area (TPSA) is 75.1 Å². The van der Waals surface area contributed by atoms with Crippen LogP contribution >= 0.6 is 11.6 Å². The maximum absolute atomic E-state index is 11.0. The molecule has 1 aliphatic rings. The highest BCUT2D eigenvalue weighted by molar-refractivity contribution is 6.29. The van der Waals surface area contributed by atoms with E-state index in [1.54, 1.807) is 19.9 Å². The molecule has 1 heterocycles. The number of carboxylic acids is 1. The van der Waals surface area contributed by atoms with Gasteiger partial charge in [0.15, 0.2) is 0 Å². The van der Waals surface area contributed by atoms with Crippen LogP contribution in [0.25, 0.3) is 0 Å². The Hall–Kier alpha value is -1.36. The maximum Gasteiger partial charge on any atom is 0.310 e. The third-order valence-electron chi connectivity index (χ3n) is 2.95. The molecule has 1 saturated carbocycles. The van der Waals surface area contributed by atoms with Crippen LogP contribution in [0.2, 0.25) is 5.15 Å². The number of rotatable bonds is 5. The van der Waals surface area contributed by atoms with Gasteiger partial charge in [-0.3, -0.25) is 4.79 Å². The van der Waals surface area contributed by atoms with E-state index in [-0.39, 0.29) is 0 Å². The highest BCUT2D eigenvalue weighted by Gasteiger charge is 2.29. The lowest BCUT2D eigenvalue weighted by molar-refractivity contribution is -0.146. The van der Waals surface area contributed by atoms with Gasteiger partial charge >= 0.3 is 5.97 Å². The molecule has 1 fully saturated rings. The summed E-state index contributed by atoms with van der Waals surface area (Å²) in [5, 5.41) is 12.4. The molecule has 0 bridgehead atoms. The van der Waals surface area contributed by atoms with E-state index in [1.165, 1.54) is 0 Å². The Kier molecular flexibility index (Phi) is 3.43. The van der Waals surface area contributed by atoms with Gasteiger partial charge in [-0.1, -0.05) is 11.6 Å². The number of aromatic nitrogens is 2. The van der Waals surface area contributed by atoms with Crippen LogP contribution < -0.4 is 5.32 Å². The minimum absolute atomic E-state index is 0.291. The molecule has 0 saturated heterocycles. The molecule has 0 radical (unpaired) electrons. The van der Waals surface area contributed by atoms with Crippen LogP contribution in [0.1, 0.15) is 38.4 Å². The lowest BCUT2D eigenvalue weighted by Crippen LogP contribution is -2.32. The zero-order chi connectivity index (χ0) is 13.3. The Morgan fingerprint density at radius 3 is 2.78 bits per heavy atom. The number of carbonyl (C=O) groups is 1. The Morgan fingerprint density at radius 2 is 2.22 bits per heavy atom. The van der Waals surface area contributed by atoms with Gasteiger partial charge in [-0.25, -0.2) is 9.97 Å². The Labute approximate surface area is 111 Å². The van der Waals surface area contributed by atoms with Crippen LogP contribution in [-0.4, -0.2) is 27.6 Å². The Bertz CT molecular complexity index is 472. The molecule has 0 aromatic carbocycles. The summed E-state index contributed by atoms with van der Waals surface area (Å²) in [7, 11) is 0. The van der Waals surface area contributed by atoms with Crippen LogP contribution in [0, 0.1) is 5.41 Å². The molecule has 2 rings (SSSR count). The summed E-state index contributed by atoms with van der Waals surface area (Å²) in [6, 6.07) is 1.62. The minimum Gasteiger partial charge on any atom is -0.481 e. The number of aliphatic carboxylic acids is 1. The highest BCUT2D eigenvalue weighted by atomic mass is 35.5. The average Bonchev–Trinajstić information content (AvgIpc) is 3.09. The molecule has 18 heavy (non-hydrogen) atoms. The van der Waals surface area contributed by atoms with Crippen LogP contribution in [0.5, 0.6) is 0 Å². The van der Waals surface area contributed by atoms with Crippen molar-refractivity contribution in [1.82, 2.24) is 9.97 Å². The zero-order valence-corrected chi connectivity index (χ0v) is 11.2. The van der Waals surface area contributed by atoms with E-state index >= 15 is 0 Å². The molecule has 0 spiro atoms. The summed E-state index contributed by atoms with van der Waals surface area (Å²) in [4.78, 5) is 19.5. The molecule has 1 aromatic heterocycles. The van der Waals surface area contributed by atoms with Gasteiger partial charge < -0.3 is 10.4 Å². The molecule has 2 N–H and O–H groups in total. The molecule has 0 unspecified atom stereocenters. The average molecular weight is 270 g/mol. The third kappa shape index (κ3) is 3.10. The van der Waals surface area contributed by atoms with Crippen molar-refractivity contribution in [3.63, 3.8) is 0 Å². The number of nitrogens with one attached hydrogen (secondary N) is 1. The van der Waals surface area contributed by atoms with Crippen molar-refractivity contribution in [3.8, 4) is 0 Å². The fourth-order valence-corrected chi connectivity index (χ4v) is 1.63. The summed E-state index contributed by atoms with van der Waals surface area (Å²) >= 11 is 5.93. The van der Waals surface area contributed by atoms with E-state index in [0.717, 1.165) is 18.7 Å². The number of carboxylic acid groups (broad SMARTS) is 1. The molecule has 0 atom stereocenters. The lowest BCUT2D eigenvalue weighted by atomic mass is 9.94. The van der Waals surface area contributed by atoms with Gasteiger partial charge in [0.05, 0.1) is 5.41 Å². The standard InChI is InChI=1S/C12H16ClN3O2/c1-12(2,11(17)18)6-14-9-5-8(13)15-10(16-9)7-3-4-7/h5,7H,3-4,6H2,1-2H3,(H,17,18)(H,14,15,16). The van der Waals surface area contributed by atoms with Crippen molar-refractivity contribution in [2.45, 2.75) is 32.6 Å². The van der Waals surface area contributed by atoms with Crippen LogP contribution in [-0.2, 0) is 4.79 Å². The second-order valence-corrected chi connectivity index (χ2v) is 5.64. The van der Waals surface area contributed by atoms with Gasteiger partial charge in [0.25, 0.3) is 0 Å². The van der Waals surface area contributed by atoms with Gasteiger partial charge in [0, 0.05) is 18.5 Å². The quantitative estimate of drug-likeness (QED) is 0.804. The van der Waals surface area contributed by atoms with Crippen LogP contribution in [0.4, 0.5) is 5.82 Å². The largest absolute Gasteiger partial charge is 0.481 e. The zero-order valence-electron chi connectivity index (χ0n) is 10.4. The number of nitrogens with zero attached hydrogens (tertiary/aromatic N) is 2. The lowest BCUT2D eigenvalue weighted by Gasteiger charge is -2.20. The highest BCUT2D eigenvalue weighted by Crippen LogP contribution is 2.38. The third-order valence-corrected chi connectivity index (χ3v) is 3.14. The van der Waals surface area contributed by atoms with Crippen molar-refractivity contribution in [3.05, 3.63) is 17.0 Å². The van der Waals surface area contributed by atoms with Crippen molar-refractivity contribution in [2.75, 3.05) is 11.9 Å². The van der Waals surface area contributed by atoms with Crippen LogP contribution in [0.15, 0.2) is 6.07 Å². The van der Waals surface area contributed by atoms with Crippen molar-refractivity contribution < 1.29 is 9.90 Å². The fourth-order valence-electron chi connectivity index (χ4n) is 1.44. The normalized spacial score (nSPS) is 15.5. The smallest absolute Gasteiger partial charge is 0.310 e. The molecule has 6 heteroatoms. The van der Waals surface area contributed by atoms with E-state index in [2.05, 4.69) is 15.3 Å². The van der Waals surface area contributed by atoms with Gasteiger partial charge in [0.1, 0.15) is 16.8 Å². The van der Waals surface area contributed by atoms with Gasteiger partial charge in [-0.2, -0.15) is 0 Å². The van der Waals surface area contributed by atoms with E-state index in [0.29, 0.717) is 23.4 Å². The first-order valence-corrected chi connectivity index (χ1v) is 6.28. The second kappa shape index (κ2) is 4.72. The monoisotopic (exact) mass is 269 g/mol. The predicted molar refractivity (Wildman–Crippen MR) is 68.9 cm³/mol. The Morgan fingerprint density at radius 1 is 1.56 bits per heavy atom. The van der Waals surface area contributed by atoms with E-state index < -0.39 is 11.4 Å². The fraction of sp³-hybridized carbons (Fsp3) is 0.583. The molecular formula is C12H16ClN3O2. The van der Waals surface area contributed by atoms with Gasteiger partial charge in [-0.05, 0) is 26.7 Å². The molecule has 98 valence electrons. The van der Waals surface area contributed by atoms with Gasteiger partial charge in [-0.15, -0.1) is 0 Å². The molecular weight excluding hydrogens is 254 g/mol. The van der Waals surface area contributed by atoms with E-state index in [4.69, 9.17) is 16.7 Å². The van der Waals surface area contributed by atoms with Gasteiger partial charge in [0.2, 0.25) is 0 Å². The first-order valence-electron chi connectivity index (χ1n) is 5.90. The first-order chi connectivity index (χ1) is 8.38. The van der Waals surface area contributed by atoms with Crippen LogP contribution in [0.3, 0.4) is 0 Å². The number of hydrogen-bond donors (Lipinski definition) is 2. The summed E-state index contributed by atoms with van der Waals surface area (Å²) in [5.41, 5.74) is -0.850. The number of hydrogen-bond acceptors (Lipinski definition) is 4. The summed E-state index contributed by atoms with van der Waals surface area (Å²) < 4.78 is 0. The Balaban J connectivity index is 2.07. The summed E-state index contributed by atoms with van der Waals surface area (Å²) in [6.07, 6.45) is 2.20. The number of anilines is 1. The molecule has 1 aliphatic carbocycles. The molecule has 1 aromatic rings. The van der Waals surface area contributed by atoms with Crippen molar-refractivity contribution >= 4 is 23.4 Å². The second-order valence-electron chi connectivity index (χ2n) is 5.25. The minimum atomic E-state index is -0.850.